The summed E-state index contributed by atoms with van der Waals surface area (Å²) in [5.74, 6) is -0.545. The van der Waals surface area contributed by atoms with Gasteiger partial charge in [-0.2, -0.15) is 0 Å². The van der Waals surface area contributed by atoms with E-state index in [1.165, 1.54) is 6.07 Å². The van der Waals surface area contributed by atoms with Gasteiger partial charge in [0.2, 0.25) is 5.91 Å². The molecule has 1 amide bonds. The zero-order valence-corrected chi connectivity index (χ0v) is 15.9. The minimum Gasteiger partial charge on any atom is -0.396 e. The number of imidazole rings is 1. The van der Waals surface area contributed by atoms with Crippen LogP contribution in [0.5, 0.6) is 0 Å². The Kier molecular flexibility index (Phi) is 4.95. The van der Waals surface area contributed by atoms with Gasteiger partial charge in [-0.15, -0.1) is 0 Å². The SMILES string of the molecule is C=C(CCCO)NC(=O)C(C)[C@H]1[C@@H]2C[C@@H](n3cnc4cc(F)c(F)cc43)C[C@@H]21. The van der Waals surface area contributed by atoms with E-state index in [2.05, 4.69) is 16.9 Å². The largest absolute Gasteiger partial charge is 0.396 e. The molecule has 0 bridgehead atoms. The minimum atomic E-state index is -0.882. The number of halogens is 2. The molecule has 2 N–H and O–H groups in total. The molecule has 2 aliphatic rings. The summed E-state index contributed by atoms with van der Waals surface area (Å²) >= 11 is 0. The Labute approximate surface area is 162 Å². The Hall–Kier alpha value is -2.28. The van der Waals surface area contributed by atoms with Gasteiger partial charge in [0.1, 0.15) is 0 Å². The molecule has 4 rings (SSSR count). The molecule has 1 heterocycles. The third-order valence-corrected chi connectivity index (χ3v) is 6.42. The summed E-state index contributed by atoms with van der Waals surface area (Å²) in [5.41, 5.74) is 1.73. The summed E-state index contributed by atoms with van der Waals surface area (Å²) in [4.78, 5) is 16.7. The molecule has 2 saturated carbocycles. The smallest absolute Gasteiger partial charge is 0.227 e. The highest BCUT2D eigenvalue weighted by Gasteiger charge is 2.59. The standard InChI is InChI=1S/C21H25F2N3O2/c1-11(4-3-5-27)25-21(28)12(2)20-14-6-13(7-15(14)20)26-10-24-18-8-16(22)17(23)9-19(18)26/h8-10,12-15,20,27H,1,3-7H2,2H3,(H,25,28)/t12?,13-,14-,15+,20+. The van der Waals surface area contributed by atoms with Crippen LogP contribution in [0, 0.1) is 35.3 Å². The molecular formula is C21H25F2N3O2. The van der Waals surface area contributed by atoms with Gasteiger partial charge in [0.15, 0.2) is 11.6 Å². The summed E-state index contributed by atoms with van der Waals surface area (Å²) < 4.78 is 29.0. The second-order valence-electron chi connectivity index (χ2n) is 8.15. The number of nitrogens with one attached hydrogen (secondary N) is 1. The Morgan fingerprint density at radius 1 is 1.36 bits per heavy atom. The van der Waals surface area contributed by atoms with Crippen molar-refractivity contribution < 1.29 is 18.7 Å². The van der Waals surface area contributed by atoms with Crippen molar-refractivity contribution in [2.45, 2.75) is 38.6 Å². The maximum Gasteiger partial charge on any atom is 0.227 e. The summed E-state index contributed by atoms with van der Waals surface area (Å²) in [6.45, 7) is 5.88. The lowest BCUT2D eigenvalue weighted by molar-refractivity contribution is -0.124. The molecule has 28 heavy (non-hydrogen) atoms. The zero-order chi connectivity index (χ0) is 20.0. The van der Waals surface area contributed by atoms with Crippen LogP contribution >= 0.6 is 0 Å². The van der Waals surface area contributed by atoms with Crippen molar-refractivity contribution in [3.63, 3.8) is 0 Å². The lowest BCUT2D eigenvalue weighted by Crippen LogP contribution is -2.30. The molecule has 0 aliphatic heterocycles. The Bertz CT molecular complexity index is 914. The van der Waals surface area contributed by atoms with E-state index in [1.54, 1.807) is 6.33 Å². The van der Waals surface area contributed by atoms with Gasteiger partial charge in [0.25, 0.3) is 0 Å². The highest BCUT2D eigenvalue weighted by atomic mass is 19.2. The van der Waals surface area contributed by atoms with Crippen LogP contribution < -0.4 is 5.32 Å². The predicted octanol–water partition coefficient (Wildman–Crippen LogP) is 3.55. The van der Waals surface area contributed by atoms with E-state index in [0.717, 1.165) is 18.9 Å². The molecule has 0 spiro atoms. The molecule has 5 atom stereocenters. The van der Waals surface area contributed by atoms with E-state index >= 15 is 0 Å². The Morgan fingerprint density at radius 3 is 2.71 bits per heavy atom. The third-order valence-electron chi connectivity index (χ3n) is 6.42. The maximum atomic E-state index is 13.6. The van der Waals surface area contributed by atoms with E-state index in [-0.39, 0.29) is 24.5 Å². The third kappa shape index (κ3) is 3.32. The Balaban J connectivity index is 1.37. The topological polar surface area (TPSA) is 67.2 Å². The monoisotopic (exact) mass is 389 g/mol. The van der Waals surface area contributed by atoms with Crippen molar-refractivity contribution in [1.29, 1.82) is 0 Å². The number of carbonyl (C=O) groups is 1. The average Bonchev–Trinajstić information content (AvgIpc) is 2.99. The quantitative estimate of drug-likeness (QED) is 0.761. The van der Waals surface area contributed by atoms with E-state index in [4.69, 9.17) is 5.11 Å². The number of carbonyl (C=O) groups excluding carboxylic acids is 1. The van der Waals surface area contributed by atoms with Crippen molar-refractivity contribution in [1.82, 2.24) is 14.9 Å². The van der Waals surface area contributed by atoms with Crippen LogP contribution in [-0.4, -0.2) is 27.2 Å². The van der Waals surface area contributed by atoms with Crippen LogP contribution in [0.4, 0.5) is 8.78 Å². The van der Waals surface area contributed by atoms with Crippen LogP contribution in [0.1, 0.15) is 38.6 Å². The highest BCUT2D eigenvalue weighted by Crippen LogP contribution is 2.63. The van der Waals surface area contributed by atoms with Crippen LogP contribution in [0.3, 0.4) is 0 Å². The molecule has 1 aromatic heterocycles. The van der Waals surface area contributed by atoms with Crippen LogP contribution in [-0.2, 0) is 4.79 Å². The van der Waals surface area contributed by atoms with E-state index in [1.807, 2.05) is 11.5 Å². The van der Waals surface area contributed by atoms with Crippen LogP contribution in [0.25, 0.3) is 11.0 Å². The molecule has 0 saturated heterocycles. The molecule has 1 aromatic carbocycles. The van der Waals surface area contributed by atoms with Gasteiger partial charge in [-0.3, -0.25) is 4.79 Å². The number of aromatic nitrogens is 2. The summed E-state index contributed by atoms with van der Waals surface area (Å²) in [6.07, 6.45) is 4.67. The average molecular weight is 389 g/mol. The number of nitrogens with zero attached hydrogens (tertiary/aromatic N) is 2. The summed E-state index contributed by atoms with van der Waals surface area (Å²) in [7, 11) is 0. The van der Waals surface area contributed by atoms with Gasteiger partial charge in [-0.1, -0.05) is 13.5 Å². The number of hydrogen-bond donors (Lipinski definition) is 2. The number of benzene rings is 1. The predicted molar refractivity (Wildman–Crippen MR) is 101 cm³/mol. The molecule has 5 nitrogen and oxygen atoms in total. The second-order valence-corrected chi connectivity index (χ2v) is 8.15. The molecule has 2 fully saturated rings. The van der Waals surface area contributed by atoms with E-state index < -0.39 is 11.6 Å². The molecule has 1 unspecified atom stereocenters. The van der Waals surface area contributed by atoms with Gasteiger partial charge in [0.05, 0.1) is 17.4 Å². The Morgan fingerprint density at radius 2 is 2.04 bits per heavy atom. The number of allylic oxidation sites excluding steroid dienone is 1. The van der Waals surface area contributed by atoms with Crippen molar-refractivity contribution in [2.24, 2.45) is 23.7 Å². The van der Waals surface area contributed by atoms with Crippen LogP contribution in [0.15, 0.2) is 30.7 Å². The number of rotatable bonds is 7. The fourth-order valence-corrected chi connectivity index (χ4v) is 4.96. The number of amides is 1. The maximum absolute atomic E-state index is 13.6. The number of fused-ring (bicyclic) bond motifs is 2. The van der Waals surface area contributed by atoms with Crippen molar-refractivity contribution in [3.8, 4) is 0 Å². The summed E-state index contributed by atoms with van der Waals surface area (Å²) in [6, 6.07) is 2.55. The second kappa shape index (κ2) is 7.28. The first-order valence-electron chi connectivity index (χ1n) is 9.81. The molecular weight excluding hydrogens is 364 g/mol. The molecule has 2 aliphatic carbocycles. The first-order valence-corrected chi connectivity index (χ1v) is 9.81. The fraction of sp³-hybridized carbons (Fsp3) is 0.524. The van der Waals surface area contributed by atoms with E-state index in [9.17, 15) is 13.6 Å². The van der Waals surface area contributed by atoms with Crippen molar-refractivity contribution in [2.75, 3.05) is 6.61 Å². The molecule has 7 heteroatoms. The van der Waals surface area contributed by atoms with Crippen LogP contribution in [0.2, 0.25) is 0 Å². The number of hydrogen-bond acceptors (Lipinski definition) is 3. The fourth-order valence-electron chi connectivity index (χ4n) is 4.96. The summed E-state index contributed by atoms with van der Waals surface area (Å²) in [5, 5.41) is 11.7. The van der Waals surface area contributed by atoms with Crippen molar-refractivity contribution in [3.05, 3.63) is 42.4 Å². The lowest BCUT2D eigenvalue weighted by atomic mass is 9.96. The van der Waals surface area contributed by atoms with Crippen molar-refractivity contribution >= 4 is 16.9 Å². The van der Waals surface area contributed by atoms with Gasteiger partial charge in [0, 0.05) is 36.4 Å². The lowest BCUT2D eigenvalue weighted by Gasteiger charge is -2.20. The van der Waals surface area contributed by atoms with Gasteiger partial charge in [-0.05, 0) is 43.4 Å². The molecule has 150 valence electrons. The number of aliphatic hydroxyl groups is 1. The molecule has 2 aromatic rings. The van der Waals surface area contributed by atoms with Gasteiger partial charge in [-0.25, -0.2) is 13.8 Å². The zero-order valence-electron chi connectivity index (χ0n) is 15.9. The highest BCUT2D eigenvalue weighted by molar-refractivity contribution is 5.80. The normalized spacial score (nSPS) is 26.9. The molecule has 0 radical (unpaired) electrons. The van der Waals surface area contributed by atoms with E-state index in [0.29, 0.717) is 47.3 Å². The number of aliphatic hydroxyl groups excluding tert-OH is 1. The minimum absolute atomic E-state index is 0.00971. The first-order chi connectivity index (χ1) is 13.4. The van der Waals surface area contributed by atoms with Gasteiger partial charge < -0.3 is 15.0 Å². The first kappa shape index (κ1) is 19.1. The van der Waals surface area contributed by atoms with Gasteiger partial charge >= 0.3 is 0 Å².